The zero-order chi connectivity index (χ0) is 25.0. The lowest BCUT2D eigenvalue weighted by molar-refractivity contribution is -0.141. The Labute approximate surface area is 170 Å². The van der Waals surface area contributed by atoms with E-state index in [0.29, 0.717) is 6.61 Å². The van der Waals surface area contributed by atoms with Gasteiger partial charge in [0.15, 0.2) is 0 Å². The number of carboxylic acids is 5. The molecule has 0 saturated carbocycles. The molecule has 0 rings (SSSR count). The van der Waals surface area contributed by atoms with E-state index in [2.05, 4.69) is 6.92 Å². The third-order valence-corrected chi connectivity index (χ3v) is 1.05. The normalized spacial score (nSPS) is 7.14. The lowest BCUT2D eigenvalue weighted by Gasteiger charge is -1.98. The van der Waals surface area contributed by atoms with Crippen LogP contribution in [0, 0.1) is 0 Å². The molecule has 0 aliphatic heterocycles. The maximum Gasteiger partial charge on any atom is 0.302 e. The first kappa shape index (κ1) is 40.5. The molecule has 12 nitrogen and oxygen atoms in total. The van der Waals surface area contributed by atoms with E-state index in [9.17, 15) is 4.79 Å². The van der Waals surface area contributed by atoms with Gasteiger partial charge in [0.2, 0.25) is 0 Å². The second-order valence-corrected chi connectivity index (χ2v) is 4.64. The average Bonchev–Trinajstić information content (AvgIpc) is 2.40. The SMILES string of the molecule is CC(=O)O.CC(=O)O.CC(=O)O.CC(=O)O.CC(=O)O.CCCCCOC(C)=O. The highest BCUT2D eigenvalue weighted by molar-refractivity contribution is 5.65. The van der Waals surface area contributed by atoms with Gasteiger partial charge in [-0.25, -0.2) is 0 Å². The lowest BCUT2D eigenvalue weighted by atomic mass is 10.3. The zero-order valence-corrected chi connectivity index (χ0v) is 17.9. The van der Waals surface area contributed by atoms with Crippen LogP contribution in [-0.4, -0.2) is 68.0 Å². The van der Waals surface area contributed by atoms with Gasteiger partial charge in [0.1, 0.15) is 0 Å². The summed E-state index contributed by atoms with van der Waals surface area (Å²) in [7, 11) is 0. The predicted molar refractivity (Wildman–Crippen MR) is 103 cm³/mol. The highest BCUT2D eigenvalue weighted by Gasteiger charge is 1.89. The maximum atomic E-state index is 10.2. The van der Waals surface area contributed by atoms with Crippen LogP contribution in [0.15, 0.2) is 0 Å². The van der Waals surface area contributed by atoms with Crippen LogP contribution in [0.1, 0.15) is 67.7 Å². The summed E-state index contributed by atoms with van der Waals surface area (Å²) in [5.41, 5.74) is 0. The number of carboxylic acid groups (broad SMARTS) is 5. The minimum Gasteiger partial charge on any atom is -0.481 e. The molecule has 0 spiro atoms. The van der Waals surface area contributed by atoms with E-state index in [-0.39, 0.29) is 5.97 Å². The first-order valence-electron chi connectivity index (χ1n) is 8.04. The van der Waals surface area contributed by atoms with Gasteiger partial charge in [0.25, 0.3) is 29.8 Å². The molecule has 0 atom stereocenters. The number of rotatable bonds is 4. The number of hydrogen-bond acceptors (Lipinski definition) is 7. The van der Waals surface area contributed by atoms with Crippen LogP contribution in [-0.2, 0) is 33.5 Å². The number of esters is 1. The summed E-state index contributed by atoms with van der Waals surface area (Å²) >= 11 is 0. The molecule has 12 heteroatoms. The minimum atomic E-state index is -0.833. The lowest BCUT2D eigenvalue weighted by Crippen LogP contribution is -1.99. The van der Waals surface area contributed by atoms with E-state index in [0.717, 1.165) is 47.5 Å². The molecule has 0 radical (unpaired) electrons. The van der Waals surface area contributed by atoms with Crippen LogP contribution in [0.5, 0.6) is 0 Å². The molecular weight excluding hydrogens is 396 g/mol. The first-order valence-corrected chi connectivity index (χ1v) is 8.04. The molecule has 0 aromatic carbocycles. The molecule has 0 heterocycles. The largest absolute Gasteiger partial charge is 0.481 e. The van der Waals surface area contributed by atoms with Crippen LogP contribution in [0.4, 0.5) is 0 Å². The Kier molecular flexibility index (Phi) is 50.1. The van der Waals surface area contributed by atoms with Crippen LogP contribution >= 0.6 is 0 Å². The summed E-state index contributed by atoms with van der Waals surface area (Å²) < 4.78 is 4.70. The highest BCUT2D eigenvalue weighted by Crippen LogP contribution is 1.93. The highest BCUT2D eigenvalue weighted by atomic mass is 16.5. The van der Waals surface area contributed by atoms with E-state index in [1.165, 1.54) is 13.3 Å². The van der Waals surface area contributed by atoms with E-state index in [4.69, 9.17) is 54.2 Å². The molecule has 0 fully saturated rings. The van der Waals surface area contributed by atoms with E-state index in [1.54, 1.807) is 0 Å². The summed E-state index contributed by atoms with van der Waals surface area (Å²) in [5, 5.41) is 37.1. The predicted octanol–water partition coefficient (Wildman–Crippen LogP) is 2.19. The molecule has 0 bridgehead atoms. The summed E-state index contributed by atoms with van der Waals surface area (Å²) in [4.78, 5) is 55.2. The number of carbonyl (C=O) groups is 6. The number of hydrogen-bond donors (Lipinski definition) is 5. The van der Waals surface area contributed by atoms with Gasteiger partial charge >= 0.3 is 5.97 Å². The van der Waals surface area contributed by atoms with Crippen molar-refractivity contribution >= 4 is 35.8 Å². The number of unbranched alkanes of at least 4 members (excludes halogenated alkanes) is 2. The minimum absolute atomic E-state index is 0.175. The van der Waals surface area contributed by atoms with Gasteiger partial charge < -0.3 is 30.3 Å². The number of carbonyl (C=O) groups excluding carboxylic acids is 1. The van der Waals surface area contributed by atoms with Crippen molar-refractivity contribution in [2.45, 2.75) is 67.7 Å². The molecule has 0 aliphatic carbocycles. The second-order valence-electron chi connectivity index (χ2n) is 4.64. The summed E-state index contributed by atoms with van der Waals surface area (Å²) in [6.07, 6.45) is 3.31. The molecule has 0 saturated heterocycles. The monoisotopic (exact) mass is 430 g/mol. The molecular formula is C17H34O12. The van der Waals surface area contributed by atoms with Gasteiger partial charge in [0.05, 0.1) is 6.61 Å². The van der Waals surface area contributed by atoms with Gasteiger partial charge in [-0.05, 0) is 6.42 Å². The standard InChI is InChI=1S/C7H14O2.5C2H4O2/c1-3-4-5-6-9-7(2)8;5*1-2(3)4/h3-6H2,1-2H3;5*1H3,(H,3,4). The first-order chi connectivity index (χ1) is 12.9. The number of aliphatic carboxylic acids is 5. The Morgan fingerprint density at radius 2 is 0.759 bits per heavy atom. The molecule has 0 aromatic rings. The quantitative estimate of drug-likeness (QED) is 0.320. The summed E-state index contributed by atoms with van der Waals surface area (Å²) in [5.74, 6) is -4.34. The topological polar surface area (TPSA) is 213 Å². The van der Waals surface area contributed by atoms with Gasteiger partial charge in [-0.3, -0.25) is 28.8 Å². The number of ether oxygens (including phenoxy) is 1. The zero-order valence-electron chi connectivity index (χ0n) is 17.9. The molecule has 0 aliphatic rings. The molecule has 0 unspecified atom stereocenters. The molecule has 5 N–H and O–H groups in total. The van der Waals surface area contributed by atoms with Crippen molar-refractivity contribution in [1.82, 2.24) is 0 Å². The van der Waals surface area contributed by atoms with E-state index in [1.807, 2.05) is 0 Å². The Morgan fingerprint density at radius 3 is 0.897 bits per heavy atom. The second kappa shape index (κ2) is 35.8. The van der Waals surface area contributed by atoms with Gasteiger partial charge in [-0.2, -0.15) is 0 Å². The summed E-state index contributed by atoms with van der Waals surface area (Å²) in [6, 6.07) is 0. The van der Waals surface area contributed by atoms with E-state index >= 15 is 0 Å². The van der Waals surface area contributed by atoms with Crippen molar-refractivity contribution < 1.29 is 59.0 Å². The molecule has 0 aromatic heterocycles. The van der Waals surface area contributed by atoms with Gasteiger partial charge in [-0.1, -0.05) is 19.8 Å². The Morgan fingerprint density at radius 1 is 0.552 bits per heavy atom. The fraction of sp³-hybridized carbons (Fsp3) is 0.647. The summed E-state index contributed by atoms with van der Waals surface area (Å²) in [6.45, 7) is 9.56. The maximum absolute atomic E-state index is 10.2. The van der Waals surface area contributed by atoms with Crippen molar-refractivity contribution in [2.75, 3.05) is 6.61 Å². The van der Waals surface area contributed by atoms with Crippen molar-refractivity contribution in [1.29, 1.82) is 0 Å². The van der Waals surface area contributed by atoms with Crippen molar-refractivity contribution in [3.63, 3.8) is 0 Å². The van der Waals surface area contributed by atoms with Crippen molar-refractivity contribution in [2.24, 2.45) is 0 Å². The Bertz CT molecular complexity index is 354. The third kappa shape index (κ3) is 1630. The smallest absolute Gasteiger partial charge is 0.302 e. The van der Waals surface area contributed by atoms with Gasteiger partial charge in [0, 0.05) is 41.5 Å². The fourth-order valence-electron chi connectivity index (χ4n) is 0.568. The molecule has 29 heavy (non-hydrogen) atoms. The van der Waals surface area contributed by atoms with Crippen LogP contribution in [0.25, 0.3) is 0 Å². The fourth-order valence-corrected chi connectivity index (χ4v) is 0.568. The van der Waals surface area contributed by atoms with Crippen LogP contribution in [0.3, 0.4) is 0 Å². The van der Waals surface area contributed by atoms with Crippen LogP contribution < -0.4 is 0 Å². The van der Waals surface area contributed by atoms with Gasteiger partial charge in [-0.15, -0.1) is 0 Å². The van der Waals surface area contributed by atoms with Crippen molar-refractivity contribution in [3.05, 3.63) is 0 Å². The Hall–Kier alpha value is -3.18. The Balaban J connectivity index is -0.0000000575. The third-order valence-electron chi connectivity index (χ3n) is 1.05. The van der Waals surface area contributed by atoms with Crippen LogP contribution in [0.2, 0.25) is 0 Å². The molecule has 0 amide bonds. The molecule has 174 valence electrons. The average molecular weight is 430 g/mol. The van der Waals surface area contributed by atoms with Crippen molar-refractivity contribution in [3.8, 4) is 0 Å². The van der Waals surface area contributed by atoms with E-state index < -0.39 is 29.8 Å².